The number of methoxy groups -OCH3 is 1. The van der Waals surface area contributed by atoms with Crippen LogP contribution in [0.15, 0.2) is 47.5 Å². The smallest absolute Gasteiger partial charge is 0.387 e. The Hall–Kier alpha value is -2.54. The summed E-state index contributed by atoms with van der Waals surface area (Å²) < 4.78 is 34.8. The first kappa shape index (κ1) is 19.8. The highest BCUT2D eigenvalue weighted by Crippen LogP contribution is 2.26. The van der Waals surface area contributed by atoms with Crippen molar-refractivity contribution in [2.75, 3.05) is 14.2 Å². The van der Waals surface area contributed by atoms with Crippen LogP contribution in [0.3, 0.4) is 0 Å². The Kier molecular flexibility index (Phi) is 7.47. The quantitative estimate of drug-likeness (QED) is 0.564. The summed E-state index contributed by atoms with van der Waals surface area (Å²) in [6, 6.07) is 12.2. The van der Waals surface area contributed by atoms with Crippen molar-refractivity contribution in [1.29, 1.82) is 0 Å². The number of aliphatic imine (C=N–C) groups is 1. The minimum atomic E-state index is -2.92. The summed E-state index contributed by atoms with van der Waals surface area (Å²) in [4.78, 5) is 4.11. The standard InChI is InChI=1S/C18H20ClF2N3O2/c1-22-18(23-10-12-5-3-4-6-15(12)19)24-11-13-7-8-14(25-2)9-16(13)26-17(20)21/h3-9,17H,10-11H2,1-2H3,(H2,22,23,24). The van der Waals surface area contributed by atoms with Gasteiger partial charge in [-0.25, -0.2) is 0 Å². The van der Waals surface area contributed by atoms with E-state index in [-0.39, 0.29) is 12.3 Å². The van der Waals surface area contributed by atoms with E-state index in [1.807, 2.05) is 18.2 Å². The molecule has 140 valence electrons. The van der Waals surface area contributed by atoms with Crippen LogP contribution in [0.25, 0.3) is 0 Å². The second kappa shape index (κ2) is 9.82. The van der Waals surface area contributed by atoms with Gasteiger partial charge in [0.25, 0.3) is 0 Å². The van der Waals surface area contributed by atoms with Crippen molar-refractivity contribution < 1.29 is 18.3 Å². The molecular weight excluding hydrogens is 364 g/mol. The van der Waals surface area contributed by atoms with Crippen LogP contribution in [0.4, 0.5) is 8.78 Å². The molecule has 0 radical (unpaired) electrons. The molecule has 2 N–H and O–H groups in total. The Bertz CT molecular complexity index is 757. The minimum Gasteiger partial charge on any atom is -0.497 e. The van der Waals surface area contributed by atoms with Crippen molar-refractivity contribution in [2.45, 2.75) is 19.7 Å². The lowest BCUT2D eigenvalue weighted by molar-refractivity contribution is -0.0505. The summed E-state index contributed by atoms with van der Waals surface area (Å²) >= 11 is 6.12. The van der Waals surface area contributed by atoms with Gasteiger partial charge in [0, 0.05) is 36.8 Å². The van der Waals surface area contributed by atoms with Crippen molar-refractivity contribution in [3.8, 4) is 11.5 Å². The molecule has 0 aliphatic heterocycles. The summed E-state index contributed by atoms with van der Waals surface area (Å²) in [6.07, 6.45) is 0. The van der Waals surface area contributed by atoms with Gasteiger partial charge in [0.15, 0.2) is 5.96 Å². The number of benzene rings is 2. The monoisotopic (exact) mass is 383 g/mol. The number of nitrogens with one attached hydrogen (secondary N) is 2. The third-order valence-electron chi connectivity index (χ3n) is 3.56. The van der Waals surface area contributed by atoms with Gasteiger partial charge in [-0.1, -0.05) is 29.8 Å². The molecule has 5 nitrogen and oxygen atoms in total. The van der Waals surface area contributed by atoms with E-state index in [4.69, 9.17) is 16.3 Å². The van der Waals surface area contributed by atoms with E-state index in [0.29, 0.717) is 28.8 Å². The van der Waals surface area contributed by atoms with Gasteiger partial charge < -0.3 is 20.1 Å². The molecule has 0 aliphatic carbocycles. The zero-order valence-electron chi connectivity index (χ0n) is 14.4. The molecule has 0 spiro atoms. The first-order valence-electron chi connectivity index (χ1n) is 7.83. The number of ether oxygens (including phenoxy) is 2. The molecule has 8 heteroatoms. The summed E-state index contributed by atoms with van der Waals surface area (Å²) in [6.45, 7) is -2.20. The molecule has 2 rings (SSSR count). The summed E-state index contributed by atoms with van der Waals surface area (Å²) in [5, 5.41) is 6.83. The van der Waals surface area contributed by atoms with Gasteiger partial charge in [0.2, 0.25) is 0 Å². The molecule has 26 heavy (non-hydrogen) atoms. The molecule has 0 saturated heterocycles. The van der Waals surface area contributed by atoms with E-state index < -0.39 is 6.61 Å². The van der Waals surface area contributed by atoms with Crippen LogP contribution >= 0.6 is 11.6 Å². The molecule has 0 amide bonds. The van der Waals surface area contributed by atoms with Crippen molar-refractivity contribution >= 4 is 17.6 Å². The third-order valence-corrected chi connectivity index (χ3v) is 3.93. The Morgan fingerprint density at radius 3 is 2.42 bits per heavy atom. The SMILES string of the molecule is CN=C(NCc1ccccc1Cl)NCc1ccc(OC)cc1OC(F)F. The van der Waals surface area contributed by atoms with E-state index >= 15 is 0 Å². The largest absolute Gasteiger partial charge is 0.497 e. The highest BCUT2D eigenvalue weighted by Gasteiger charge is 2.12. The zero-order valence-corrected chi connectivity index (χ0v) is 15.2. The molecule has 0 saturated carbocycles. The van der Waals surface area contributed by atoms with Crippen LogP contribution in [0.1, 0.15) is 11.1 Å². The van der Waals surface area contributed by atoms with Crippen LogP contribution in [-0.4, -0.2) is 26.7 Å². The van der Waals surface area contributed by atoms with Crippen LogP contribution in [-0.2, 0) is 13.1 Å². The number of hydrogen-bond acceptors (Lipinski definition) is 3. The topological polar surface area (TPSA) is 54.9 Å². The van der Waals surface area contributed by atoms with Gasteiger partial charge in [0.05, 0.1) is 7.11 Å². The number of guanidine groups is 1. The first-order valence-corrected chi connectivity index (χ1v) is 8.21. The van der Waals surface area contributed by atoms with E-state index in [9.17, 15) is 8.78 Å². The number of alkyl halides is 2. The number of halogens is 3. The Morgan fingerprint density at radius 2 is 1.81 bits per heavy atom. The molecular formula is C18H20ClF2N3O2. The van der Waals surface area contributed by atoms with Gasteiger partial charge in [-0.2, -0.15) is 8.78 Å². The zero-order chi connectivity index (χ0) is 18.9. The maximum absolute atomic E-state index is 12.6. The first-order chi connectivity index (χ1) is 12.5. The van der Waals surface area contributed by atoms with Crippen LogP contribution in [0.2, 0.25) is 5.02 Å². The van der Waals surface area contributed by atoms with E-state index in [1.165, 1.54) is 13.2 Å². The highest BCUT2D eigenvalue weighted by molar-refractivity contribution is 6.31. The van der Waals surface area contributed by atoms with Crippen molar-refractivity contribution in [3.05, 3.63) is 58.6 Å². The van der Waals surface area contributed by atoms with Gasteiger partial charge in [-0.15, -0.1) is 0 Å². The van der Waals surface area contributed by atoms with Crippen molar-refractivity contribution in [1.82, 2.24) is 10.6 Å². The van der Waals surface area contributed by atoms with Crippen LogP contribution in [0.5, 0.6) is 11.5 Å². The normalized spacial score (nSPS) is 11.4. The lowest BCUT2D eigenvalue weighted by Gasteiger charge is -2.15. The third kappa shape index (κ3) is 5.77. The van der Waals surface area contributed by atoms with E-state index in [0.717, 1.165) is 5.56 Å². The Balaban J connectivity index is 2.00. The van der Waals surface area contributed by atoms with E-state index in [2.05, 4.69) is 20.4 Å². The summed E-state index contributed by atoms with van der Waals surface area (Å²) in [5.74, 6) is 0.989. The lowest BCUT2D eigenvalue weighted by atomic mass is 10.2. The molecule has 2 aromatic carbocycles. The predicted octanol–water partition coefficient (Wildman–Crippen LogP) is 3.82. The average Bonchev–Trinajstić information content (AvgIpc) is 2.63. The molecule has 0 heterocycles. The van der Waals surface area contributed by atoms with Crippen LogP contribution < -0.4 is 20.1 Å². The van der Waals surface area contributed by atoms with E-state index in [1.54, 1.807) is 25.2 Å². The highest BCUT2D eigenvalue weighted by atomic mass is 35.5. The fraction of sp³-hybridized carbons (Fsp3) is 0.278. The van der Waals surface area contributed by atoms with Crippen molar-refractivity contribution in [3.63, 3.8) is 0 Å². The number of rotatable bonds is 7. The number of nitrogens with zero attached hydrogens (tertiary/aromatic N) is 1. The molecule has 0 atom stereocenters. The van der Waals surface area contributed by atoms with Gasteiger partial charge in [0.1, 0.15) is 11.5 Å². The second-order valence-electron chi connectivity index (χ2n) is 5.22. The van der Waals surface area contributed by atoms with Gasteiger partial charge in [-0.05, 0) is 23.8 Å². The van der Waals surface area contributed by atoms with Gasteiger partial charge >= 0.3 is 6.61 Å². The minimum absolute atomic E-state index is 0.0495. The summed E-state index contributed by atoms with van der Waals surface area (Å²) in [5.41, 5.74) is 1.47. The van der Waals surface area contributed by atoms with Crippen LogP contribution in [0, 0.1) is 0 Å². The van der Waals surface area contributed by atoms with Crippen molar-refractivity contribution in [2.24, 2.45) is 4.99 Å². The molecule has 0 fully saturated rings. The predicted molar refractivity (Wildman–Crippen MR) is 98.1 cm³/mol. The maximum Gasteiger partial charge on any atom is 0.387 e. The van der Waals surface area contributed by atoms with Gasteiger partial charge in [-0.3, -0.25) is 4.99 Å². The molecule has 0 unspecified atom stereocenters. The summed E-state index contributed by atoms with van der Waals surface area (Å²) in [7, 11) is 3.08. The Labute approximate surface area is 156 Å². The maximum atomic E-state index is 12.6. The molecule has 0 aliphatic rings. The Morgan fingerprint density at radius 1 is 1.12 bits per heavy atom. The second-order valence-corrected chi connectivity index (χ2v) is 5.63. The number of hydrogen-bond donors (Lipinski definition) is 2. The molecule has 0 bridgehead atoms. The molecule has 2 aromatic rings. The molecule has 0 aromatic heterocycles. The fourth-order valence-corrected chi connectivity index (χ4v) is 2.44. The average molecular weight is 384 g/mol. The fourth-order valence-electron chi connectivity index (χ4n) is 2.23. The lowest BCUT2D eigenvalue weighted by Crippen LogP contribution is -2.36.